The maximum atomic E-state index is 8.61. The molecule has 0 saturated heterocycles. The van der Waals surface area contributed by atoms with E-state index in [-0.39, 0.29) is 6.42 Å². The van der Waals surface area contributed by atoms with Crippen LogP contribution in [-0.2, 0) is 0 Å². The number of aliphatic imine (C=N–C) groups is 1. The summed E-state index contributed by atoms with van der Waals surface area (Å²) in [5.74, 6) is 0. The molecule has 4 nitrogen and oxygen atoms in total. The van der Waals surface area contributed by atoms with Crippen molar-refractivity contribution in [1.29, 1.82) is 5.26 Å². The Hall–Kier alpha value is -1.05. The summed E-state index contributed by atoms with van der Waals surface area (Å²) in [6, 6.07) is 2.46. The predicted octanol–water partition coefficient (Wildman–Crippen LogP) is 1.86. The average molecular weight is 255 g/mol. The minimum absolute atomic E-state index is 0.152. The quantitative estimate of drug-likeness (QED) is 0.836. The predicted molar refractivity (Wildman–Crippen MR) is 70.9 cm³/mol. The Morgan fingerprint density at radius 1 is 1.65 bits per heavy atom. The van der Waals surface area contributed by atoms with Crippen molar-refractivity contribution >= 4 is 17.3 Å². The van der Waals surface area contributed by atoms with Crippen LogP contribution >= 0.6 is 11.6 Å². The van der Waals surface area contributed by atoms with Gasteiger partial charge in [0.2, 0.25) is 0 Å². The number of allylic oxidation sites excluding steroid dienone is 1. The van der Waals surface area contributed by atoms with Gasteiger partial charge in [0.05, 0.1) is 23.2 Å². The number of hydrogen-bond donors (Lipinski definition) is 1. The van der Waals surface area contributed by atoms with E-state index in [0.29, 0.717) is 23.3 Å². The summed E-state index contributed by atoms with van der Waals surface area (Å²) in [5.41, 5.74) is 6.98. The molecule has 94 valence electrons. The molecule has 0 bridgehead atoms. The fourth-order valence-corrected chi connectivity index (χ4v) is 1.92. The highest BCUT2D eigenvalue weighted by atomic mass is 35.5. The normalized spacial score (nSPS) is 19.4. The van der Waals surface area contributed by atoms with Crippen LogP contribution in [0.25, 0.3) is 0 Å². The Labute approximate surface area is 108 Å². The van der Waals surface area contributed by atoms with Gasteiger partial charge in [-0.25, -0.2) is 0 Å². The van der Waals surface area contributed by atoms with Gasteiger partial charge in [-0.3, -0.25) is 9.89 Å². The molecule has 0 radical (unpaired) electrons. The van der Waals surface area contributed by atoms with Crippen LogP contribution in [0.5, 0.6) is 0 Å². The molecule has 0 spiro atoms. The Kier molecular flexibility index (Phi) is 5.46. The van der Waals surface area contributed by atoms with Crippen molar-refractivity contribution in [2.24, 2.45) is 10.7 Å². The van der Waals surface area contributed by atoms with Crippen LogP contribution in [0.1, 0.15) is 26.7 Å². The maximum absolute atomic E-state index is 8.61. The second-order valence-corrected chi connectivity index (χ2v) is 4.80. The van der Waals surface area contributed by atoms with E-state index < -0.39 is 0 Å². The van der Waals surface area contributed by atoms with Crippen LogP contribution in [0.3, 0.4) is 0 Å². The lowest BCUT2D eigenvalue weighted by atomic mass is 10.2. The first-order valence-corrected chi connectivity index (χ1v) is 6.23. The van der Waals surface area contributed by atoms with E-state index in [9.17, 15) is 0 Å². The van der Waals surface area contributed by atoms with Gasteiger partial charge < -0.3 is 5.73 Å². The van der Waals surface area contributed by atoms with E-state index in [0.717, 1.165) is 25.2 Å². The Morgan fingerprint density at radius 2 is 2.35 bits per heavy atom. The van der Waals surface area contributed by atoms with Crippen LogP contribution in [0.2, 0.25) is 0 Å². The summed E-state index contributed by atoms with van der Waals surface area (Å²) >= 11 is 6.18. The zero-order chi connectivity index (χ0) is 12.8. The minimum Gasteiger partial charge on any atom is -0.400 e. The molecule has 5 heteroatoms. The van der Waals surface area contributed by atoms with Gasteiger partial charge in [-0.2, -0.15) is 5.26 Å². The van der Waals surface area contributed by atoms with Gasteiger partial charge in [-0.15, -0.1) is 0 Å². The fourth-order valence-electron chi connectivity index (χ4n) is 1.74. The summed E-state index contributed by atoms with van der Waals surface area (Å²) in [7, 11) is 0. The van der Waals surface area contributed by atoms with Crippen LogP contribution in [0.4, 0.5) is 0 Å². The second kappa shape index (κ2) is 6.63. The molecule has 0 aromatic rings. The highest BCUT2D eigenvalue weighted by molar-refractivity contribution is 6.44. The molecule has 0 saturated carbocycles. The number of hydrogen-bond acceptors (Lipinski definition) is 4. The number of halogens is 1. The molecule has 1 aliphatic heterocycles. The number of nitrogens with zero attached hydrogens (tertiary/aromatic N) is 3. The summed E-state index contributed by atoms with van der Waals surface area (Å²) in [5, 5.41) is 9.06. The fraction of sp³-hybridized carbons (Fsp3) is 0.667. The monoisotopic (exact) mass is 254 g/mol. The van der Waals surface area contributed by atoms with E-state index in [1.54, 1.807) is 0 Å². The van der Waals surface area contributed by atoms with Gasteiger partial charge in [0.25, 0.3) is 0 Å². The zero-order valence-electron chi connectivity index (χ0n) is 10.4. The molecule has 0 aromatic carbocycles. The van der Waals surface area contributed by atoms with Gasteiger partial charge in [0.1, 0.15) is 0 Å². The molecule has 2 N–H and O–H groups in total. The van der Waals surface area contributed by atoms with Crippen LogP contribution in [0, 0.1) is 11.3 Å². The van der Waals surface area contributed by atoms with Gasteiger partial charge in [0.15, 0.2) is 0 Å². The molecule has 0 unspecified atom stereocenters. The Balaban J connectivity index is 2.85. The number of nitrogens with two attached hydrogens (primary N) is 1. The first kappa shape index (κ1) is 14.0. The molecule has 0 amide bonds. The second-order valence-electron chi connectivity index (χ2n) is 4.42. The molecule has 0 atom stereocenters. The lowest BCUT2D eigenvalue weighted by molar-refractivity contribution is 0.257. The summed E-state index contributed by atoms with van der Waals surface area (Å²) in [6.45, 7) is 6.81. The molecule has 17 heavy (non-hydrogen) atoms. The summed E-state index contributed by atoms with van der Waals surface area (Å²) in [6.07, 6.45) is 1.18. The summed E-state index contributed by atoms with van der Waals surface area (Å²) in [4.78, 5) is 6.77. The van der Waals surface area contributed by atoms with E-state index in [2.05, 4.69) is 23.7 Å². The van der Waals surface area contributed by atoms with Crippen LogP contribution in [-0.4, -0.2) is 36.3 Å². The Morgan fingerprint density at radius 3 is 2.94 bits per heavy atom. The molecular weight excluding hydrogens is 236 g/mol. The minimum atomic E-state index is 0.152. The zero-order valence-corrected chi connectivity index (χ0v) is 11.2. The molecular formula is C12H19ClN4. The average Bonchev–Trinajstić information content (AvgIpc) is 2.53. The third-order valence-corrected chi connectivity index (χ3v) is 3.25. The Bertz CT molecular complexity index is 365. The first-order chi connectivity index (χ1) is 8.06. The van der Waals surface area contributed by atoms with Gasteiger partial charge >= 0.3 is 0 Å². The third-order valence-electron chi connectivity index (χ3n) is 2.79. The van der Waals surface area contributed by atoms with Crippen molar-refractivity contribution in [3.05, 3.63) is 10.7 Å². The standard InChI is InChI=1S/C12H19ClN4/c1-9(2)17-7-3-6-16-11(8-17)12(13)10(15)4-5-14/h9H,3-4,6-8,15H2,1-2H3/b12-10+. The van der Waals surface area contributed by atoms with Gasteiger partial charge in [0, 0.05) is 31.4 Å². The summed E-state index contributed by atoms with van der Waals surface area (Å²) < 4.78 is 0. The molecule has 0 aromatic heterocycles. The van der Waals surface area contributed by atoms with E-state index in [1.165, 1.54) is 0 Å². The van der Waals surface area contributed by atoms with Crippen molar-refractivity contribution in [3.8, 4) is 6.07 Å². The topological polar surface area (TPSA) is 65.4 Å². The molecule has 0 aliphatic carbocycles. The van der Waals surface area contributed by atoms with E-state index in [4.69, 9.17) is 22.6 Å². The van der Waals surface area contributed by atoms with Crippen LogP contribution < -0.4 is 5.73 Å². The first-order valence-electron chi connectivity index (χ1n) is 5.85. The van der Waals surface area contributed by atoms with Crippen molar-refractivity contribution in [1.82, 2.24) is 4.90 Å². The van der Waals surface area contributed by atoms with Crippen molar-refractivity contribution in [2.75, 3.05) is 19.6 Å². The lowest BCUT2D eigenvalue weighted by Crippen LogP contribution is -2.35. The number of nitriles is 1. The van der Waals surface area contributed by atoms with Crippen molar-refractivity contribution in [2.45, 2.75) is 32.7 Å². The van der Waals surface area contributed by atoms with Crippen molar-refractivity contribution in [3.63, 3.8) is 0 Å². The van der Waals surface area contributed by atoms with E-state index in [1.807, 2.05) is 6.07 Å². The van der Waals surface area contributed by atoms with Gasteiger partial charge in [-0.1, -0.05) is 11.6 Å². The molecule has 1 rings (SSSR count). The SMILES string of the molecule is CC(C)N1CCCN=C(/C(Cl)=C(\N)CC#N)C1. The van der Waals surface area contributed by atoms with Gasteiger partial charge in [-0.05, 0) is 20.3 Å². The highest BCUT2D eigenvalue weighted by Crippen LogP contribution is 2.15. The lowest BCUT2D eigenvalue weighted by Gasteiger charge is -2.24. The maximum Gasteiger partial charge on any atom is 0.0827 e. The van der Waals surface area contributed by atoms with E-state index >= 15 is 0 Å². The smallest absolute Gasteiger partial charge is 0.0827 e. The molecule has 1 aliphatic rings. The van der Waals surface area contributed by atoms with Crippen molar-refractivity contribution < 1.29 is 0 Å². The number of rotatable bonds is 3. The highest BCUT2D eigenvalue weighted by Gasteiger charge is 2.18. The van der Waals surface area contributed by atoms with Crippen LogP contribution in [0.15, 0.2) is 15.7 Å². The molecule has 0 fully saturated rings. The molecule has 1 heterocycles. The largest absolute Gasteiger partial charge is 0.400 e. The third kappa shape index (κ3) is 4.03.